The first kappa shape index (κ1) is 14.4. The Balaban J connectivity index is 3.39. The molecule has 4 heteroatoms. The Labute approximate surface area is 91.9 Å². The van der Waals surface area contributed by atoms with Gasteiger partial charge in [0.25, 0.3) is 0 Å². The maximum absolute atomic E-state index is 11.1. The number of hydrogen-bond acceptors (Lipinski definition) is 4. The van der Waals surface area contributed by atoms with Gasteiger partial charge >= 0.3 is 5.97 Å². The average Bonchev–Trinajstić information content (AvgIpc) is 2.23. The molecule has 0 saturated heterocycles. The Morgan fingerprint density at radius 2 is 1.93 bits per heavy atom. The zero-order chi connectivity index (χ0) is 11.7. The fraction of sp³-hybridized carbons (Fsp3) is 0.909. The molecule has 0 aromatic heterocycles. The van der Waals surface area contributed by atoms with Crippen LogP contribution in [0.5, 0.6) is 0 Å². The summed E-state index contributed by atoms with van der Waals surface area (Å²) in [5.74, 6) is -0.297. The van der Waals surface area contributed by atoms with Gasteiger partial charge in [-0.3, -0.25) is 0 Å². The molecular weight excluding hydrogens is 196 g/mol. The van der Waals surface area contributed by atoms with E-state index >= 15 is 0 Å². The summed E-state index contributed by atoms with van der Waals surface area (Å²) in [5, 5.41) is 0. The van der Waals surface area contributed by atoms with E-state index in [-0.39, 0.29) is 24.8 Å². The first-order chi connectivity index (χ1) is 7.10. The number of esters is 1. The van der Waals surface area contributed by atoms with Crippen LogP contribution in [0.1, 0.15) is 33.6 Å². The maximum atomic E-state index is 11.1. The second-order valence-electron chi connectivity index (χ2n) is 3.60. The van der Waals surface area contributed by atoms with Gasteiger partial charge in [0.1, 0.15) is 6.61 Å². The highest BCUT2D eigenvalue weighted by atomic mass is 16.6. The van der Waals surface area contributed by atoms with Crippen LogP contribution in [0, 0.1) is 0 Å². The number of hydrogen-bond donors (Lipinski definition) is 0. The molecule has 4 nitrogen and oxygen atoms in total. The lowest BCUT2D eigenvalue weighted by Crippen LogP contribution is -2.19. The van der Waals surface area contributed by atoms with Crippen molar-refractivity contribution in [2.24, 2.45) is 0 Å². The van der Waals surface area contributed by atoms with Crippen LogP contribution in [0.2, 0.25) is 0 Å². The Bertz CT molecular complexity index is 170. The third kappa shape index (κ3) is 8.39. The van der Waals surface area contributed by atoms with E-state index in [0.717, 1.165) is 12.8 Å². The van der Waals surface area contributed by atoms with E-state index in [4.69, 9.17) is 14.2 Å². The van der Waals surface area contributed by atoms with Crippen molar-refractivity contribution in [2.75, 3.05) is 20.3 Å². The van der Waals surface area contributed by atoms with Crippen LogP contribution < -0.4 is 0 Å². The lowest BCUT2D eigenvalue weighted by molar-refractivity contribution is -0.154. The molecule has 0 aliphatic carbocycles. The molecule has 0 saturated carbocycles. The van der Waals surface area contributed by atoms with Gasteiger partial charge in [0, 0.05) is 13.7 Å². The topological polar surface area (TPSA) is 44.8 Å². The third-order valence-electron chi connectivity index (χ3n) is 2.20. The molecule has 0 radical (unpaired) electrons. The van der Waals surface area contributed by atoms with Crippen molar-refractivity contribution < 1.29 is 19.0 Å². The summed E-state index contributed by atoms with van der Waals surface area (Å²) in [6, 6.07) is 0. The highest BCUT2D eigenvalue weighted by molar-refractivity contribution is 5.70. The van der Waals surface area contributed by atoms with E-state index in [1.807, 2.05) is 20.8 Å². The lowest BCUT2D eigenvalue weighted by Gasteiger charge is -2.12. The van der Waals surface area contributed by atoms with Gasteiger partial charge in [0.15, 0.2) is 0 Å². The monoisotopic (exact) mass is 218 g/mol. The Kier molecular flexibility index (Phi) is 8.33. The van der Waals surface area contributed by atoms with Gasteiger partial charge in [0.2, 0.25) is 0 Å². The van der Waals surface area contributed by atoms with Crippen molar-refractivity contribution in [1.82, 2.24) is 0 Å². The van der Waals surface area contributed by atoms with Crippen molar-refractivity contribution in [1.29, 1.82) is 0 Å². The van der Waals surface area contributed by atoms with Gasteiger partial charge in [0.05, 0.1) is 12.2 Å². The normalized spacial score (nSPS) is 14.7. The summed E-state index contributed by atoms with van der Waals surface area (Å²) in [4.78, 5) is 11.1. The summed E-state index contributed by atoms with van der Waals surface area (Å²) in [6.45, 7) is 6.34. The Morgan fingerprint density at radius 3 is 2.47 bits per heavy atom. The molecule has 2 unspecified atom stereocenters. The molecule has 0 rings (SSSR count). The number of rotatable bonds is 8. The first-order valence-electron chi connectivity index (χ1n) is 5.40. The van der Waals surface area contributed by atoms with Crippen LogP contribution >= 0.6 is 0 Å². The van der Waals surface area contributed by atoms with E-state index < -0.39 is 0 Å². The Morgan fingerprint density at radius 1 is 1.27 bits per heavy atom. The zero-order valence-corrected chi connectivity index (χ0v) is 10.1. The zero-order valence-electron chi connectivity index (χ0n) is 10.1. The standard InChI is InChI=1S/C11H22O4/c1-5-9(2)15-11(12)8-14-7-6-10(3)13-4/h9-10H,5-8H2,1-4H3. The molecule has 0 aliphatic rings. The smallest absolute Gasteiger partial charge is 0.332 e. The van der Waals surface area contributed by atoms with Crippen LogP contribution in [0.25, 0.3) is 0 Å². The highest BCUT2D eigenvalue weighted by Crippen LogP contribution is 1.98. The predicted octanol–water partition coefficient (Wildman–Crippen LogP) is 1.77. The minimum Gasteiger partial charge on any atom is -0.461 e. The molecule has 0 bridgehead atoms. The van der Waals surface area contributed by atoms with Crippen molar-refractivity contribution >= 4 is 5.97 Å². The third-order valence-corrected chi connectivity index (χ3v) is 2.20. The molecule has 90 valence electrons. The van der Waals surface area contributed by atoms with Gasteiger partial charge in [-0.1, -0.05) is 6.92 Å². The second kappa shape index (κ2) is 8.68. The fourth-order valence-corrected chi connectivity index (χ4v) is 0.864. The molecule has 0 aromatic rings. The molecule has 0 heterocycles. The van der Waals surface area contributed by atoms with Gasteiger partial charge in [-0.2, -0.15) is 0 Å². The summed E-state index contributed by atoms with van der Waals surface area (Å²) < 4.78 is 15.2. The number of ether oxygens (including phenoxy) is 3. The molecule has 0 N–H and O–H groups in total. The van der Waals surface area contributed by atoms with E-state index in [1.165, 1.54) is 0 Å². The van der Waals surface area contributed by atoms with Gasteiger partial charge in [-0.25, -0.2) is 4.79 Å². The van der Waals surface area contributed by atoms with Crippen molar-refractivity contribution in [3.05, 3.63) is 0 Å². The van der Waals surface area contributed by atoms with E-state index in [0.29, 0.717) is 6.61 Å². The fourth-order valence-electron chi connectivity index (χ4n) is 0.864. The predicted molar refractivity (Wildman–Crippen MR) is 57.8 cm³/mol. The number of methoxy groups -OCH3 is 1. The molecule has 0 fully saturated rings. The molecule has 2 atom stereocenters. The Hall–Kier alpha value is -0.610. The SMILES string of the molecule is CCC(C)OC(=O)COCCC(C)OC. The van der Waals surface area contributed by atoms with Crippen LogP contribution in [0.15, 0.2) is 0 Å². The van der Waals surface area contributed by atoms with Crippen LogP contribution in [0.3, 0.4) is 0 Å². The molecule has 15 heavy (non-hydrogen) atoms. The lowest BCUT2D eigenvalue weighted by atomic mass is 10.3. The summed E-state index contributed by atoms with van der Waals surface area (Å²) in [7, 11) is 1.65. The van der Waals surface area contributed by atoms with Gasteiger partial charge in [-0.15, -0.1) is 0 Å². The van der Waals surface area contributed by atoms with Crippen molar-refractivity contribution in [3.63, 3.8) is 0 Å². The highest BCUT2D eigenvalue weighted by Gasteiger charge is 2.07. The van der Waals surface area contributed by atoms with Crippen LogP contribution in [-0.2, 0) is 19.0 Å². The van der Waals surface area contributed by atoms with Gasteiger partial charge < -0.3 is 14.2 Å². The molecular formula is C11H22O4. The summed E-state index contributed by atoms with van der Waals surface area (Å²) in [5.41, 5.74) is 0. The summed E-state index contributed by atoms with van der Waals surface area (Å²) >= 11 is 0. The minimum absolute atomic E-state index is 0.0285. The largest absolute Gasteiger partial charge is 0.461 e. The number of carbonyl (C=O) groups is 1. The van der Waals surface area contributed by atoms with E-state index in [1.54, 1.807) is 7.11 Å². The molecule has 0 aromatic carbocycles. The number of carbonyl (C=O) groups excluding carboxylic acids is 1. The average molecular weight is 218 g/mol. The molecule has 0 spiro atoms. The first-order valence-corrected chi connectivity index (χ1v) is 5.40. The summed E-state index contributed by atoms with van der Waals surface area (Å²) in [6.07, 6.45) is 1.74. The van der Waals surface area contributed by atoms with Crippen LogP contribution in [0.4, 0.5) is 0 Å². The van der Waals surface area contributed by atoms with Crippen molar-refractivity contribution in [3.8, 4) is 0 Å². The quantitative estimate of drug-likeness (QED) is 0.460. The van der Waals surface area contributed by atoms with E-state index in [2.05, 4.69) is 0 Å². The maximum Gasteiger partial charge on any atom is 0.332 e. The van der Waals surface area contributed by atoms with Crippen LogP contribution in [-0.4, -0.2) is 38.5 Å². The van der Waals surface area contributed by atoms with E-state index in [9.17, 15) is 4.79 Å². The van der Waals surface area contributed by atoms with Gasteiger partial charge in [-0.05, 0) is 26.7 Å². The second-order valence-corrected chi connectivity index (χ2v) is 3.60. The van der Waals surface area contributed by atoms with Crippen molar-refractivity contribution in [2.45, 2.75) is 45.8 Å². The molecule has 0 aliphatic heterocycles. The molecule has 0 amide bonds. The minimum atomic E-state index is -0.297.